The second-order valence-corrected chi connectivity index (χ2v) is 6.09. The largest absolute Gasteiger partial charge is 0.493 e. The van der Waals surface area contributed by atoms with Gasteiger partial charge in [-0.2, -0.15) is 0 Å². The third-order valence-electron chi connectivity index (χ3n) is 4.11. The molecule has 1 amide bonds. The van der Waals surface area contributed by atoms with Gasteiger partial charge in [-0.05, 0) is 38.5 Å². The number of hydrogen-bond acceptors (Lipinski definition) is 8. The fraction of sp³-hybridized carbons (Fsp3) is 0.381. The zero-order chi connectivity index (χ0) is 22.3. The third-order valence-corrected chi connectivity index (χ3v) is 4.11. The van der Waals surface area contributed by atoms with Crippen LogP contribution >= 0.6 is 0 Å². The minimum atomic E-state index is -0.793. The van der Waals surface area contributed by atoms with Gasteiger partial charge in [-0.25, -0.2) is 9.59 Å². The molecule has 0 unspecified atom stereocenters. The van der Waals surface area contributed by atoms with Crippen molar-refractivity contribution in [2.45, 2.75) is 27.2 Å². The molecule has 0 bridgehead atoms. The van der Waals surface area contributed by atoms with Gasteiger partial charge < -0.3 is 23.4 Å². The molecule has 0 aliphatic heterocycles. The van der Waals surface area contributed by atoms with Crippen molar-refractivity contribution in [3.63, 3.8) is 0 Å². The molecule has 1 heterocycles. The van der Waals surface area contributed by atoms with Gasteiger partial charge in [0, 0.05) is 0 Å². The second kappa shape index (κ2) is 10.3. The van der Waals surface area contributed by atoms with Gasteiger partial charge in [0.2, 0.25) is 11.8 Å². The second-order valence-electron chi connectivity index (χ2n) is 6.09. The van der Waals surface area contributed by atoms with Gasteiger partial charge >= 0.3 is 11.9 Å². The summed E-state index contributed by atoms with van der Waals surface area (Å²) >= 11 is 0. The number of hydrogen-bond donors (Lipinski definition) is 1. The van der Waals surface area contributed by atoms with Crippen molar-refractivity contribution in [2.75, 3.05) is 32.8 Å². The molecule has 0 saturated heterocycles. The predicted octanol–water partition coefficient (Wildman–Crippen LogP) is 3.14. The number of esters is 2. The van der Waals surface area contributed by atoms with E-state index in [1.54, 1.807) is 32.0 Å². The number of carbonyl (C=O) groups excluding carboxylic acids is 3. The fourth-order valence-electron chi connectivity index (χ4n) is 2.83. The van der Waals surface area contributed by atoms with E-state index in [2.05, 4.69) is 5.32 Å². The first-order chi connectivity index (χ1) is 14.4. The van der Waals surface area contributed by atoms with E-state index in [-0.39, 0.29) is 42.4 Å². The summed E-state index contributed by atoms with van der Waals surface area (Å²) in [6.07, 6.45) is -0.0306. The van der Waals surface area contributed by atoms with E-state index in [1.165, 1.54) is 21.1 Å². The van der Waals surface area contributed by atoms with Gasteiger partial charge in [0.25, 0.3) is 0 Å². The molecule has 162 valence electrons. The summed E-state index contributed by atoms with van der Waals surface area (Å²) in [5.41, 5.74) is 0.405. The van der Waals surface area contributed by atoms with E-state index >= 15 is 0 Å². The Balaban J connectivity index is 2.30. The Morgan fingerprint density at radius 3 is 2.10 bits per heavy atom. The lowest BCUT2D eigenvalue weighted by Gasteiger charge is -2.10. The Morgan fingerprint density at radius 1 is 0.933 bits per heavy atom. The topological polar surface area (TPSA) is 113 Å². The molecule has 0 radical (unpaired) electrons. The third kappa shape index (κ3) is 5.11. The smallest absolute Gasteiger partial charge is 0.344 e. The summed E-state index contributed by atoms with van der Waals surface area (Å²) in [6, 6.07) is 5.06. The standard InChI is InChI=1S/C21H25NO8/c1-6-28-20(24)17-12(3)30-19(18(17)21(25)29-7-2)22-16(23)11-13-8-9-14(26-4)15(10-13)27-5/h8-10H,6-7,11H2,1-5H3,(H,22,23). The SMILES string of the molecule is CCOC(=O)c1c(C)oc(NC(=O)Cc2ccc(OC)c(OC)c2)c1C(=O)OCC. The predicted molar refractivity (Wildman–Crippen MR) is 107 cm³/mol. The summed E-state index contributed by atoms with van der Waals surface area (Å²) in [5.74, 6) is -1.00. The maximum Gasteiger partial charge on any atom is 0.344 e. The van der Waals surface area contributed by atoms with Crippen LogP contribution in [-0.2, 0) is 20.7 Å². The highest BCUT2D eigenvalue weighted by molar-refractivity contribution is 6.09. The molecule has 1 N–H and O–H groups in total. The number of anilines is 1. The number of amides is 1. The first-order valence-electron chi connectivity index (χ1n) is 9.34. The lowest BCUT2D eigenvalue weighted by molar-refractivity contribution is -0.115. The number of carbonyl (C=O) groups is 3. The molecule has 30 heavy (non-hydrogen) atoms. The number of nitrogens with one attached hydrogen (secondary N) is 1. The summed E-state index contributed by atoms with van der Waals surface area (Å²) in [5, 5.41) is 2.54. The van der Waals surface area contributed by atoms with Gasteiger partial charge in [-0.1, -0.05) is 6.07 Å². The number of benzene rings is 1. The Bertz CT molecular complexity index is 931. The molecule has 0 aliphatic rings. The number of rotatable bonds is 9. The maximum absolute atomic E-state index is 12.6. The lowest BCUT2D eigenvalue weighted by Crippen LogP contribution is -2.18. The molecule has 0 atom stereocenters. The summed E-state index contributed by atoms with van der Waals surface area (Å²) < 4.78 is 25.9. The normalized spacial score (nSPS) is 10.3. The molecule has 2 aromatic rings. The monoisotopic (exact) mass is 419 g/mol. The first-order valence-corrected chi connectivity index (χ1v) is 9.34. The van der Waals surface area contributed by atoms with Crippen molar-refractivity contribution in [1.29, 1.82) is 0 Å². The van der Waals surface area contributed by atoms with Crippen LogP contribution in [0.25, 0.3) is 0 Å². The summed E-state index contributed by atoms with van der Waals surface area (Å²) in [6.45, 7) is 4.98. The van der Waals surface area contributed by atoms with Crippen LogP contribution in [0.3, 0.4) is 0 Å². The van der Waals surface area contributed by atoms with Crippen molar-refractivity contribution in [1.82, 2.24) is 0 Å². The van der Waals surface area contributed by atoms with Crippen LogP contribution in [0.1, 0.15) is 45.9 Å². The molecule has 0 fully saturated rings. The number of methoxy groups -OCH3 is 2. The van der Waals surface area contributed by atoms with E-state index in [4.69, 9.17) is 23.4 Å². The summed E-state index contributed by atoms with van der Waals surface area (Å²) in [4.78, 5) is 37.3. The highest BCUT2D eigenvalue weighted by Crippen LogP contribution is 2.30. The molecular formula is C21H25NO8. The maximum atomic E-state index is 12.6. The fourth-order valence-corrected chi connectivity index (χ4v) is 2.83. The van der Waals surface area contributed by atoms with Crippen molar-refractivity contribution < 1.29 is 37.7 Å². The van der Waals surface area contributed by atoms with E-state index in [1.807, 2.05) is 0 Å². The number of aryl methyl sites for hydroxylation is 1. The molecule has 9 nitrogen and oxygen atoms in total. The Labute approximate surface area is 174 Å². The van der Waals surface area contributed by atoms with Crippen LogP contribution in [0.15, 0.2) is 22.6 Å². The Morgan fingerprint density at radius 2 is 1.53 bits per heavy atom. The van der Waals surface area contributed by atoms with Gasteiger partial charge in [0.05, 0.1) is 33.9 Å². The van der Waals surface area contributed by atoms with Crippen LogP contribution in [0, 0.1) is 6.92 Å². The van der Waals surface area contributed by atoms with Crippen molar-refractivity contribution in [2.24, 2.45) is 0 Å². The minimum Gasteiger partial charge on any atom is -0.493 e. The molecule has 9 heteroatoms. The Kier molecular flexibility index (Phi) is 7.85. The number of ether oxygens (including phenoxy) is 4. The van der Waals surface area contributed by atoms with Gasteiger partial charge in [-0.3, -0.25) is 10.1 Å². The molecule has 2 rings (SSSR count). The van der Waals surface area contributed by atoms with Crippen LogP contribution in [-0.4, -0.2) is 45.3 Å². The molecule has 1 aromatic carbocycles. The average Bonchev–Trinajstić information content (AvgIpc) is 3.03. The zero-order valence-corrected chi connectivity index (χ0v) is 17.6. The zero-order valence-electron chi connectivity index (χ0n) is 17.6. The van der Waals surface area contributed by atoms with Crippen LogP contribution in [0.2, 0.25) is 0 Å². The van der Waals surface area contributed by atoms with Gasteiger partial charge in [-0.15, -0.1) is 0 Å². The molecule has 1 aromatic heterocycles. The van der Waals surface area contributed by atoms with Crippen LogP contribution in [0.5, 0.6) is 11.5 Å². The van der Waals surface area contributed by atoms with E-state index < -0.39 is 17.8 Å². The Hall–Kier alpha value is -3.49. The quantitative estimate of drug-likeness (QED) is 0.617. The van der Waals surface area contributed by atoms with Crippen LogP contribution in [0.4, 0.5) is 5.88 Å². The van der Waals surface area contributed by atoms with Crippen LogP contribution < -0.4 is 14.8 Å². The minimum absolute atomic E-state index is 0.0306. The highest BCUT2D eigenvalue weighted by Gasteiger charge is 2.31. The average molecular weight is 419 g/mol. The molecular weight excluding hydrogens is 394 g/mol. The molecule has 0 saturated carbocycles. The highest BCUT2D eigenvalue weighted by atomic mass is 16.5. The number of furan rings is 1. The van der Waals surface area contributed by atoms with Crippen molar-refractivity contribution >= 4 is 23.7 Å². The lowest BCUT2D eigenvalue weighted by atomic mass is 10.1. The van der Waals surface area contributed by atoms with Gasteiger partial charge in [0.15, 0.2) is 11.5 Å². The first kappa shape index (κ1) is 22.8. The van der Waals surface area contributed by atoms with E-state index in [0.29, 0.717) is 17.1 Å². The van der Waals surface area contributed by atoms with E-state index in [0.717, 1.165) is 0 Å². The van der Waals surface area contributed by atoms with Crippen molar-refractivity contribution in [3.8, 4) is 11.5 Å². The molecule has 0 aliphatic carbocycles. The van der Waals surface area contributed by atoms with Crippen molar-refractivity contribution in [3.05, 3.63) is 40.6 Å². The molecule has 0 spiro atoms. The van der Waals surface area contributed by atoms with E-state index in [9.17, 15) is 14.4 Å². The van der Waals surface area contributed by atoms with Gasteiger partial charge in [0.1, 0.15) is 16.9 Å². The summed E-state index contributed by atoms with van der Waals surface area (Å²) in [7, 11) is 3.01.